The van der Waals surface area contributed by atoms with Crippen LogP contribution in [0.1, 0.15) is 12.5 Å². The number of nitrogens with zero attached hydrogens (tertiary/aromatic N) is 2. The third-order valence-corrected chi connectivity index (χ3v) is 6.31. The zero-order chi connectivity index (χ0) is 21.5. The van der Waals surface area contributed by atoms with Gasteiger partial charge >= 0.3 is 0 Å². The van der Waals surface area contributed by atoms with E-state index in [1.807, 2.05) is 67.3 Å². The summed E-state index contributed by atoms with van der Waals surface area (Å²) in [6.07, 6.45) is 0. The van der Waals surface area contributed by atoms with Crippen LogP contribution in [0.25, 0.3) is 0 Å². The first kappa shape index (κ1) is 22.0. The molecule has 0 radical (unpaired) electrons. The Labute approximate surface area is 182 Å². The van der Waals surface area contributed by atoms with Crippen molar-refractivity contribution in [3.63, 3.8) is 0 Å². The highest BCUT2D eigenvalue weighted by Crippen LogP contribution is 2.22. The standard InChI is InChI=1S/C23H29N3O3S/c1-17-4-6-19(7-5-17)24-22(27)16-30-18(2)23(28)26-14-12-25(13-15-26)20-8-10-21(29-3)11-9-20/h4-11,18H,12-16H2,1-3H3,(H,24,27)/t18-/m1/s1. The lowest BCUT2D eigenvalue weighted by Gasteiger charge is -2.37. The zero-order valence-corrected chi connectivity index (χ0v) is 18.6. The molecule has 0 aromatic heterocycles. The number of rotatable bonds is 7. The van der Waals surface area contributed by atoms with Gasteiger partial charge in [-0.05, 0) is 50.2 Å². The molecule has 1 aliphatic heterocycles. The minimum atomic E-state index is -0.249. The lowest BCUT2D eigenvalue weighted by molar-refractivity contribution is -0.130. The molecule has 1 atom stereocenters. The molecular weight excluding hydrogens is 398 g/mol. The van der Waals surface area contributed by atoms with Crippen LogP contribution >= 0.6 is 11.8 Å². The third kappa shape index (κ3) is 5.92. The number of nitrogens with one attached hydrogen (secondary N) is 1. The summed E-state index contributed by atoms with van der Waals surface area (Å²) in [6.45, 7) is 6.84. The highest BCUT2D eigenvalue weighted by Gasteiger charge is 2.25. The molecule has 0 unspecified atom stereocenters. The van der Waals surface area contributed by atoms with Gasteiger partial charge in [-0.15, -0.1) is 11.8 Å². The predicted molar refractivity (Wildman–Crippen MR) is 124 cm³/mol. The second kappa shape index (κ2) is 10.4. The van der Waals surface area contributed by atoms with E-state index in [-0.39, 0.29) is 22.8 Å². The van der Waals surface area contributed by atoms with Crippen molar-refractivity contribution in [1.82, 2.24) is 4.90 Å². The van der Waals surface area contributed by atoms with Crippen molar-refractivity contribution in [2.24, 2.45) is 0 Å². The van der Waals surface area contributed by atoms with Gasteiger partial charge < -0.3 is 19.9 Å². The summed E-state index contributed by atoms with van der Waals surface area (Å²) in [5, 5.41) is 2.63. The summed E-state index contributed by atoms with van der Waals surface area (Å²) in [5.74, 6) is 1.10. The van der Waals surface area contributed by atoms with Gasteiger partial charge in [0.2, 0.25) is 11.8 Å². The number of anilines is 2. The van der Waals surface area contributed by atoms with Crippen molar-refractivity contribution in [3.8, 4) is 5.75 Å². The number of methoxy groups -OCH3 is 1. The van der Waals surface area contributed by atoms with Crippen molar-refractivity contribution >= 4 is 35.0 Å². The predicted octanol–water partition coefficient (Wildman–Crippen LogP) is 3.41. The number of aryl methyl sites for hydroxylation is 1. The molecular formula is C23H29N3O3S. The van der Waals surface area contributed by atoms with Crippen LogP contribution < -0.4 is 15.0 Å². The van der Waals surface area contributed by atoms with Gasteiger partial charge in [0.05, 0.1) is 18.1 Å². The van der Waals surface area contributed by atoms with E-state index in [2.05, 4.69) is 10.2 Å². The van der Waals surface area contributed by atoms with E-state index in [1.165, 1.54) is 11.8 Å². The van der Waals surface area contributed by atoms with E-state index in [1.54, 1.807) is 7.11 Å². The minimum Gasteiger partial charge on any atom is -0.497 e. The Kier molecular flexibility index (Phi) is 7.63. The smallest absolute Gasteiger partial charge is 0.235 e. The van der Waals surface area contributed by atoms with Gasteiger partial charge in [0, 0.05) is 37.6 Å². The number of carbonyl (C=O) groups excluding carboxylic acids is 2. The molecule has 1 heterocycles. The molecule has 2 aromatic rings. The maximum absolute atomic E-state index is 12.8. The number of hydrogen-bond acceptors (Lipinski definition) is 5. The minimum absolute atomic E-state index is 0.0900. The summed E-state index contributed by atoms with van der Waals surface area (Å²) in [7, 11) is 1.66. The fourth-order valence-electron chi connectivity index (χ4n) is 3.34. The highest BCUT2D eigenvalue weighted by molar-refractivity contribution is 8.01. The van der Waals surface area contributed by atoms with Gasteiger partial charge in [-0.25, -0.2) is 0 Å². The molecule has 1 fully saturated rings. The summed E-state index contributed by atoms with van der Waals surface area (Å²) < 4.78 is 5.21. The van der Waals surface area contributed by atoms with Crippen LogP contribution in [-0.2, 0) is 9.59 Å². The first-order valence-electron chi connectivity index (χ1n) is 10.1. The summed E-state index contributed by atoms with van der Waals surface area (Å²) in [4.78, 5) is 29.1. The maximum Gasteiger partial charge on any atom is 0.235 e. The Morgan fingerprint density at radius 3 is 2.27 bits per heavy atom. The number of carbonyl (C=O) groups is 2. The Hall–Kier alpha value is -2.67. The maximum atomic E-state index is 12.8. The average molecular weight is 428 g/mol. The molecule has 1 saturated heterocycles. The quantitative estimate of drug-likeness (QED) is 0.734. The molecule has 30 heavy (non-hydrogen) atoms. The van der Waals surface area contributed by atoms with Crippen molar-refractivity contribution < 1.29 is 14.3 Å². The molecule has 6 nitrogen and oxygen atoms in total. The second-order valence-corrected chi connectivity index (χ2v) is 8.71. The second-order valence-electron chi connectivity index (χ2n) is 7.38. The van der Waals surface area contributed by atoms with E-state index < -0.39 is 0 Å². The largest absolute Gasteiger partial charge is 0.497 e. The third-order valence-electron chi connectivity index (χ3n) is 5.18. The van der Waals surface area contributed by atoms with Crippen molar-refractivity contribution in [1.29, 1.82) is 0 Å². The lowest BCUT2D eigenvalue weighted by atomic mass is 10.2. The molecule has 1 aliphatic rings. The van der Waals surface area contributed by atoms with Gasteiger partial charge in [-0.1, -0.05) is 17.7 Å². The van der Waals surface area contributed by atoms with Crippen LogP contribution in [0, 0.1) is 6.92 Å². The van der Waals surface area contributed by atoms with Crippen LogP contribution in [0.4, 0.5) is 11.4 Å². The van der Waals surface area contributed by atoms with Gasteiger partial charge in [-0.3, -0.25) is 9.59 Å². The number of benzene rings is 2. The van der Waals surface area contributed by atoms with Crippen LogP contribution in [0.2, 0.25) is 0 Å². The van der Waals surface area contributed by atoms with Gasteiger partial charge in [0.1, 0.15) is 5.75 Å². The lowest BCUT2D eigenvalue weighted by Crippen LogP contribution is -2.50. The SMILES string of the molecule is COc1ccc(N2CCN(C(=O)[C@@H](C)SCC(=O)Nc3ccc(C)cc3)CC2)cc1. The average Bonchev–Trinajstić information content (AvgIpc) is 2.78. The molecule has 160 valence electrons. The van der Waals surface area contributed by atoms with Crippen LogP contribution in [0.3, 0.4) is 0 Å². The van der Waals surface area contributed by atoms with Gasteiger partial charge in [0.25, 0.3) is 0 Å². The van der Waals surface area contributed by atoms with Gasteiger partial charge in [0.15, 0.2) is 0 Å². The number of amides is 2. The fourth-order valence-corrected chi connectivity index (χ4v) is 4.11. The Morgan fingerprint density at radius 2 is 1.67 bits per heavy atom. The summed E-state index contributed by atoms with van der Waals surface area (Å²) >= 11 is 1.38. The Morgan fingerprint density at radius 1 is 1.03 bits per heavy atom. The Bertz CT molecular complexity index is 847. The molecule has 3 rings (SSSR count). The van der Waals surface area contributed by atoms with Crippen molar-refractivity contribution in [3.05, 3.63) is 54.1 Å². The van der Waals surface area contributed by atoms with E-state index in [0.29, 0.717) is 13.1 Å². The molecule has 0 saturated carbocycles. The van der Waals surface area contributed by atoms with E-state index in [9.17, 15) is 9.59 Å². The summed E-state index contributed by atoms with van der Waals surface area (Å²) in [6, 6.07) is 15.7. The first-order chi connectivity index (χ1) is 14.5. The molecule has 0 bridgehead atoms. The normalized spacial score (nSPS) is 14.9. The number of thioether (sulfide) groups is 1. The topological polar surface area (TPSA) is 61.9 Å². The fraction of sp³-hybridized carbons (Fsp3) is 0.391. The van der Waals surface area contributed by atoms with Crippen LogP contribution in [-0.4, -0.2) is 61.0 Å². The number of piperazine rings is 1. The summed E-state index contributed by atoms with van der Waals surface area (Å²) in [5.41, 5.74) is 3.06. The highest BCUT2D eigenvalue weighted by atomic mass is 32.2. The van der Waals surface area contributed by atoms with Crippen molar-refractivity contribution in [2.75, 3.05) is 49.3 Å². The molecule has 1 N–H and O–H groups in total. The van der Waals surface area contributed by atoms with E-state index in [0.717, 1.165) is 35.8 Å². The molecule has 0 spiro atoms. The van der Waals surface area contributed by atoms with Gasteiger partial charge in [-0.2, -0.15) is 0 Å². The molecule has 2 aromatic carbocycles. The van der Waals surface area contributed by atoms with Crippen molar-refractivity contribution in [2.45, 2.75) is 19.1 Å². The monoisotopic (exact) mass is 427 g/mol. The Balaban J connectivity index is 1.42. The first-order valence-corrected chi connectivity index (χ1v) is 11.2. The molecule has 7 heteroatoms. The zero-order valence-electron chi connectivity index (χ0n) is 17.8. The number of ether oxygens (including phenoxy) is 1. The number of hydrogen-bond donors (Lipinski definition) is 1. The molecule has 2 amide bonds. The van der Waals surface area contributed by atoms with E-state index >= 15 is 0 Å². The van der Waals surface area contributed by atoms with Crippen LogP contribution in [0.5, 0.6) is 5.75 Å². The van der Waals surface area contributed by atoms with E-state index in [4.69, 9.17) is 4.74 Å². The van der Waals surface area contributed by atoms with Crippen LogP contribution in [0.15, 0.2) is 48.5 Å². The molecule has 0 aliphatic carbocycles.